The van der Waals surface area contributed by atoms with Crippen LogP contribution in [0.4, 0.5) is 18.9 Å². The molecular formula is C18H14F3N3O3. The molecule has 6 nitrogen and oxygen atoms in total. The molecule has 1 heterocycles. The number of anilines is 1. The Morgan fingerprint density at radius 1 is 1.11 bits per heavy atom. The summed E-state index contributed by atoms with van der Waals surface area (Å²) in [5, 5.41) is 7.48. The number of ether oxygens (including phenoxy) is 1. The SMILES string of the molecule is Cc1nn(CC(=O)Nc2ccccc2OC(F)(F)F)c(=O)c2ccccc12. The molecule has 1 N–H and O–H groups in total. The maximum Gasteiger partial charge on any atom is 0.573 e. The Hall–Kier alpha value is -3.36. The minimum atomic E-state index is -4.89. The summed E-state index contributed by atoms with van der Waals surface area (Å²) in [6, 6.07) is 12.0. The molecule has 27 heavy (non-hydrogen) atoms. The first kappa shape index (κ1) is 18.4. The third-order valence-corrected chi connectivity index (χ3v) is 3.73. The lowest BCUT2D eigenvalue weighted by molar-refractivity contribution is -0.274. The van der Waals surface area contributed by atoms with Gasteiger partial charge in [-0.05, 0) is 25.1 Å². The van der Waals surface area contributed by atoms with E-state index in [0.717, 1.165) is 10.7 Å². The zero-order chi connectivity index (χ0) is 19.6. The summed E-state index contributed by atoms with van der Waals surface area (Å²) in [5.74, 6) is -1.26. The van der Waals surface area contributed by atoms with Gasteiger partial charge in [-0.15, -0.1) is 13.2 Å². The largest absolute Gasteiger partial charge is 0.573 e. The lowest BCUT2D eigenvalue weighted by atomic mass is 10.1. The molecule has 0 fully saturated rings. The predicted molar refractivity (Wildman–Crippen MR) is 92.5 cm³/mol. The average Bonchev–Trinajstić information content (AvgIpc) is 2.60. The molecule has 0 radical (unpaired) electrons. The highest BCUT2D eigenvalue weighted by molar-refractivity contribution is 5.92. The normalized spacial score (nSPS) is 11.4. The van der Waals surface area contributed by atoms with E-state index in [-0.39, 0.29) is 5.69 Å². The van der Waals surface area contributed by atoms with Gasteiger partial charge in [-0.1, -0.05) is 30.3 Å². The van der Waals surface area contributed by atoms with Crippen LogP contribution in [-0.2, 0) is 11.3 Å². The number of rotatable bonds is 4. The number of alkyl halides is 3. The van der Waals surface area contributed by atoms with E-state index in [9.17, 15) is 22.8 Å². The number of para-hydroxylation sites is 2. The number of aryl methyl sites for hydroxylation is 1. The number of hydrogen-bond donors (Lipinski definition) is 1. The van der Waals surface area contributed by atoms with Crippen LogP contribution in [0.25, 0.3) is 10.8 Å². The van der Waals surface area contributed by atoms with Gasteiger partial charge in [-0.3, -0.25) is 9.59 Å². The van der Waals surface area contributed by atoms with E-state index in [1.165, 1.54) is 18.2 Å². The highest BCUT2D eigenvalue weighted by atomic mass is 19.4. The van der Waals surface area contributed by atoms with Crippen molar-refractivity contribution in [3.8, 4) is 5.75 Å². The monoisotopic (exact) mass is 377 g/mol. The van der Waals surface area contributed by atoms with E-state index in [4.69, 9.17) is 0 Å². The Labute approximate surface area is 151 Å². The number of nitrogens with zero attached hydrogens (tertiary/aromatic N) is 2. The van der Waals surface area contributed by atoms with E-state index in [0.29, 0.717) is 16.5 Å². The molecule has 0 aliphatic carbocycles. The maximum absolute atomic E-state index is 12.5. The Kier molecular flexibility index (Phi) is 4.85. The molecule has 140 valence electrons. The van der Waals surface area contributed by atoms with Crippen molar-refractivity contribution in [2.24, 2.45) is 0 Å². The van der Waals surface area contributed by atoms with Crippen molar-refractivity contribution in [3.05, 3.63) is 64.6 Å². The molecule has 0 unspecified atom stereocenters. The van der Waals surface area contributed by atoms with E-state index >= 15 is 0 Å². The van der Waals surface area contributed by atoms with Crippen molar-refractivity contribution in [2.45, 2.75) is 19.8 Å². The number of hydrogen-bond acceptors (Lipinski definition) is 4. The fraction of sp³-hybridized carbons (Fsp3) is 0.167. The molecule has 0 spiro atoms. The van der Waals surface area contributed by atoms with Gasteiger partial charge in [0.2, 0.25) is 5.91 Å². The number of carbonyl (C=O) groups excluding carboxylic acids is 1. The van der Waals surface area contributed by atoms with Crippen LogP contribution in [-0.4, -0.2) is 22.1 Å². The lowest BCUT2D eigenvalue weighted by Gasteiger charge is -2.14. The molecule has 0 aliphatic heterocycles. The quantitative estimate of drug-likeness (QED) is 0.758. The van der Waals surface area contributed by atoms with Crippen molar-refractivity contribution in [1.29, 1.82) is 0 Å². The van der Waals surface area contributed by atoms with Gasteiger partial charge in [-0.25, -0.2) is 4.68 Å². The van der Waals surface area contributed by atoms with E-state index < -0.39 is 30.1 Å². The molecule has 0 saturated carbocycles. The Balaban J connectivity index is 1.85. The Morgan fingerprint density at radius 3 is 2.44 bits per heavy atom. The number of carbonyl (C=O) groups is 1. The van der Waals surface area contributed by atoms with E-state index in [1.807, 2.05) is 0 Å². The van der Waals surface area contributed by atoms with Gasteiger partial charge in [0.15, 0.2) is 5.75 Å². The van der Waals surface area contributed by atoms with Gasteiger partial charge in [0.25, 0.3) is 5.56 Å². The van der Waals surface area contributed by atoms with Crippen LogP contribution >= 0.6 is 0 Å². The molecule has 2 aromatic carbocycles. The minimum absolute atomic E-state index is 0.162. The molecule has 0 aliphatic rings. The highest BCUT2D eigenvalue weighted by Gasteiger charge is 2.32. The van der Waals surface area contributed by atoms with Crippen molar-refractivity contribution in [1.82, 2.24) is 9.78 Å². The summed E-state index contributed by atoms with van der Waals surface area (Å²) in [6.45, 7) is 1.24. The second-order valence-electron chi connectivity index (χ2n) is 5.69. The summed E-state index contributed by atoms with van der Waals surface area (Å²) in [4.78, 5) is 24.7. The Morgan fingerprint density at radius 2 is 1.74 bits per heavy atom. The molecule has 3 rings (SSSR count). The first-order valence-corrected chi connectivity index (χ1v) is 7.86. The Bertz CT molecular complexity index is 1060. The molecule has 3 aromatic rings. The second kappa shape index (κ2) is 7.10. The van der Waals surface area contributed by atoms with Crippen molar-refractivity contribution < 1.29 is 22.7 Å². The highest BCUT2D eigenvalue weighted by Crippen LogP contribution is 2.29. The third-order valence-electron chi connectivity index (χ3n) is 3.73. The molecule has 0 saturated heterocycles. The fourth-order valence-corrected chi connectivity index (χ4v) is 2.62. The summed E-state index contributed by atoms with van der Waals surface area (Å²) >= 11 is 0. The van der Waals surface area contributed by atoms with Gasteiger partial charge < -0.3 is 10.1 Å². The summed E-state index contributed by atoms with van der Waals surface area (Å²) < 4.78 is 42.2. The first-order chi connectivity index (χ1) is 12.7. The van der Waals surface area contributed by atoms with Crippen LogP contribution in [0, 0.1) is 6.92 Å². The topological polar surface area (TPSA) is 73.2 Å². The number of fused-ring (bicyclic) bond motifs is 1. The zero-order valence-electron chi connectivity index (χ0n) is 14.1. The summed E-state index contributed by atoms with van der Waals surface area (Å²) in [7, 11) is 0. The molecule has 1 aromatic heterocycles. The zero-order valence-corrected chi connectivity index (χ0v) is 14.1. The predicted octanol–water partition coefficient (Wildman–Crippen LogP) is 3.24. The molecule has 0 atom stereocenters. The lowest BCUT2D eigenvalue weighted by Crippen LogP contribution is -2.30. The minimum Gasteiger partial charge on any atom is -0.404 e. The van der Waals surface area contributed by atoms with E-state index in [1.54, 1.807) is 31.2 Å². The summed E-state index contributed by atoms with van der Waals surface area (Å²) in [5.41, 5.74) is -0.0737. The van der Waals surface area contributed by atoms with Crippen LogP contribution in [0.1, 0.15) is 5.69 Å². The van der Waals surface area contributed by atoms with Crippen molar-refractivity contribution >= 4 is 22.4 Å². The van der Waals surface area contributed by atoms with Gasteiger partial charge in [-0.2, -0.15) is 5.10 Å². The van der Waals surface area contributed by atoms with Crippen molar-refractivity contribution in [2.75, 3.05) is 5.32 Å². The van der Waals surface area contributed by atoms with Gasteiger partial charge in [0.05, 0.1) is 16.8 Å². The van der Waals surface area contributed by atoms with Crippen LogP contribution < -0.4 is 15.6 Å². The molecule has 9 heteroatoms. The number of halogens is 3. The van der Waals surface area contributed by atoms with Crippen LogP contribution in [0.2, 0.25) is 0 Å². The first-order valence-electron chi connectivity index (χ1n) is 7.86. The van der Waals surface area contributed by atoms with Gasteiger partial charge in [0, 0.05) is 5.39 Å². The second-order valence-corrected chi connectivity index (χ2v) is 5.69. The number of aromatic nitrogens is 2. The number of nitrogens with one attached hydrogen (secondary N) is 1. The third kappa shape index (κ3) is 4.25. The standard InChI is InChI=1S/C18H14F3N3O3/c1-11-12-6-2-3-7-13(12)17(26)24(23-11)10-16(25)22-14-8-4-5-9-15(14)27-18(19,20)21/h2-9H,10H2,1H3,(H,22,25). The van der Waals surface area contributed by atoms with Crippen LogP contribution in [0.15, 0.2) is 53.3 Å². The number of benzene rings is 2. The van der Waals surface area contributed by atoms with Crippen molar-refractivity contribution in [3.63, 3.8) is 0 Å². The maximum atomic E-state index is 12.5. The van der Waals surface area contributed by atoms with Crippen LogP contribution in [0.3, 0.4) is 0 Å². The smallest absolute Gasteiger partial charge is 0.404 e. The molecule has 0 bridgehead atoms. The average molecular weight is 377 g/mol. The molecular weight excluding hydrogens is 363 g/mol. The molecule has 1 amide bonds. The fourth-order valence-electron chi connectivity index (χ4n) is 2.62. The van der Waals surface area contributed by atoms with Crippen LogP contribution in [0.5, 0.6) is 5.75 Å². The van der Waals surface area contributed by atoms with Gasteiger partial charge in [0.1, 0.15) is 6.54 Å². The van der Waals surface area contributed by atoms with Gasteiger partial charge >= 0.3 is 6.36 Å². The summed E-state index contributed by atoms with van der Waals surface area (Å²) in [6.07, 6.45) is -4.89. The number of amides is 1. The van der Waals surface area contributed by atoms with E-state index in [2.05, 4.69) is 15.2 Å².